The molecule has 0 radical (unpaired) electrons. The number of benzene rings is 2. The van der Waals surface area contributed by atoms with Crippen LogP contribution < -0.4 is 15.0 Å². The number of aryl methyl sites for hydroxylation is 2. The van der Waals surface area contributed by atoms with E-state index >= 15 is 0 Å². The number of nitrogens with one attached hydrogen (secondary N) is 2. The van der Waals surface area contributed by atoms with Gasteiger partial charge in [-0.15, -0.1) is 4.83 Å². The van der Waals surface area contributed by atoms with Crippen LogP contribution in [0.4, 0.5) is 0 Å². The maximum absolute atomic E-state index is 12.1. The van der Waals surface area contributed by atoms with E-state index in [4.69, 9.17) is 4.74 Å². The second kappa shape index (κ2) is 8.11. The quantitative estimate of drug-likeness (QED) is 0.568. The van der Waals surface area contributed by atoms with Gasteiger partial charge in [0, 0.05) is 5.56 Å². The van der Waals surface area contributed by atoms with Gasteiger partial charge in [-0.2, -0.15) is 0 Å². The van der Waals surface area contributed by atoms with Gasteiger partial charge in [0.25, 0.3) is 15.9 Å². The Morgan fingerprint density at radius 3 is 2.23 bits per heavy atom. The average molecular weight is 376 g/mol. The molecule has 0 spiro atoms. The standard InChI is InChI=1S/C18H20N2O5S/c1-12-4-7-16(10-13(12)2)25-11-18(22)19-20-26(23,24)17-8-5-15(6-9-17)14(3)21/h4-10,20H,11H2,1-3H3,(H,19,22). The number of amides is 1. The number of hydrogen-bond donors (Lipinski definition) is 2. The smallest absolute Gasteiger partial charge is 0.272 e. The van der Waals surface area contributed by atoms with Gasteiger partial charge in [-0.05, 0) is 56.2 Å². The molecule has 8 heteroatoms. The zero-order valence-corrected chi connectivity index (χ0v) is 15.5. The van der Waals surface area contributed by atoms with Gasteiger partial charge in [0.15, 0.2) is 12.4 Å². The van der Waals surface area contributed by atoms with Crippen molar-refractivity contribution in [1.29, 1.82) is 0 Å². The summed E-state index contributed by atoms with van der Waals surface area (Å²) in [6.45, 7) is 4.93. The van der Waals surface area contributed by atoms with E-state index in [9.17, 15) is 18.0 Å². The van der Waals surface area contributed by atoms with Crippen molar-refractivity contribution >= 4 is 21.7 Å². The van der Waals surface area contributed by atoms with Crippen LogP contribution in [0.15, 0.2) is 47.4 Å². The number of hydrogen-bond acceptors (Lipinski definition) is 5. The largest absolute Gasteiger partial charge is 0.484 e. The lowest BCUT2D eigenvalue weighted by Gasteiger charge is -2.10. The first kappa shape index (κ1) is 19.6. The minimum absolute atomic E-state index is 0.0714. The molecule has 0 fully saturated rings. The number of carbonyl (C=O) groups is 2. The van der Waals surface area contributed by atoms with Crippen molar-refractivity contribution in [2.75, 3.05) is 6.61 Å². The third kappa shape index (κ3) is 5.14. The summed E-state index contributed by atoms with van der Waals surface area (Å²) in [5, 5.41) is 0. The zero-order valence-electron chi connectivity index (χ0n) is 14.7. The maximum Gasteiger partial charge on any atom is 0.272 e. The van der Waals surface area contributed by atoms with E-state index < -0.39 is 15.9 Å². The van der Waals surface area contributed by atoms with Crippen LogP contribution in [-0.4, -0.2) is 26.7 Å². The van der Waals surface area contributed by atoms with Gasteiger partial charge in [0.1, 0.15) is 5.75 Å². The molecule has 0 saturated heterocycles. The van der Waals surface area contributed by atoms with Crippen molar-refractivity contribution in [2.45, 2.75) is 25.7 Å². The highest BCUT2D eigenvalue weighted by Gasteiger charge is 2.15. The molecule has 2 aromatic rings. The molecule has 1 amide bonds. The third-order valence-electron chi connectivity index (χ3n) is 3.74. The highest BCUT2D eigenvalue weighted by atomic mass is 32.2. The molecule has 0 atom stereocenters. The molecule has 0 aliphatic rings. The second-order valence-electron chi connectivity index (χ2n) is 5.77. The van der Waals surface area contributed by atoms with E-state index in [1.807, 2.05) is 24.7 Å². The van der Waals surface area contributed by atoms with Gasteiger partial charge >= 0.3 is 0 Å². The molecule has 26 heavy (non-hydrogen) atoms. The molecule has 0 aliphatic carbocycles. The minimum Gasteiger partial charge on any atom is -0.484 e. The first-order valence-corrected chi connectivity index (χ1v) is 9.29. The van der Waals surface area contributed by atoms with Crippen LogP contribution in [-0.2, 0) is 14.8 Å². The van der Waals surface area contributed by atoms with Gasteiger partial charge < -0.3 is 4.74 Å². The Morgan fingerprint density at radius 1 is 1.00 bits per heavy atom. The van der Waals surface area contributed by atoms with E-state index in [1.54, 1.807) is 12.1 Å². The van der Waals surface area contributed by atoms with E-state index in [1.165, 1.54) is 31.2 Å². The molecule has 0 aromatic heterocycles. The molecule has 138 valence electrons. The van der Waals surface area contributed by atoms with Crippen molar-refractivity contribution in [1.82, 2.24) is 10.3 Å². The van der Waals surface area contributed by atoms with Crippen molar-refractivity contribution in [3.8, 4) is 5.75 Å². The molecule has 0 heterocycles. The highest BCUT2D eigenvalue weighted by molar-refractivity contribution is 7.89. The maximum atomic E-state index is 12.1. The number of hydrazine groups is 1. The topological polar surface area (TPSA) is 102 Å². The Labute approximate surface area is 152 Å². The molecule has 0 unspecified atom stereocenters. The summed E-state index contributed by atoms with van der Waals surface area (Å²) in [7, 11) is -3.94. The fraction of sp³-hybridized carbons (Fsp3) is 0.222. The minimum atomic E-state index is -3.94. The fourth-order valence-electron chi connectivity index (χ4n) is 2.04. The Balaban J connectivity index is 1.90. The number of rotatable bonds is 7. The third-order valence-corrected chi connectivity index (χ3v) is 5.01. The molecular formula is C18H20N2O5S. The van der Waals surface area contributed by atoms with Crippen LogP contribution in [0.25, 0.3) is 0 Å². The van der Waals surface area contributed by atoms with Crippen LogP contribution in [0, 0.1) is 13.8 Å². The monoisotopic (exact) mass is 376 g/mol. The van der Waals surface area contributed by atoms with Crippen molar-refractivity contribution in [3.05, 3.63) is 59.2 Å². The molecule has 0 aliphatic heterocycles. The van der Waals surface area contributed by atoms with Crippen LogP contribution in [0.2, 0.25) is 0 Å². The lowest BCUT2D eigenvalue weighted by Crippen LogP contribution is -2.43. The lowest BCUT2D eigenvalue weighted by atomic mass is 10.1. The number of ether oxygens (including phenoxy) is 1. The normalized spacial score (nSPS) is 11.0. The van der Waals surface area contributed by atoms with Gasteiger partial charge in [-0.3, -0.25) is 15.0 Å². The van der Waals surface area contributed by atoms with E-state index in [0.29, 0.717) is 11.3 Å². The van der Waals surface area contributed by atoms with Crippen LogP contribution >= 0.6 is 0 Å². The Morgan fingerprint density at radius 2 is 1.65 bits per heavy atom. The average Bonchev–Trinajstić information content (AvgIpc) is 2.61. The SMILES string of the molecule is CC(=O)c1ccc(S(=O)(=O)NNC(=O)COc2ccc(C)c(C)c2)cc1. The molecule has 0 bridgehead atoms. The number of sulfonamides is 1. The van der Waals surface area contributed by atoms with Gasteiger partial charge in [-0.1, -0.05) is 18.2 Å². The van der Waals surface area contributed by atoms with Gasteiger partial charge in [0.2, 0.25) is 0 Å². The molecule has 2 rings (SSSR count). The van der Waals surface area contributed by atoms with Crippen molar-refractivity contribution in [2.24, 2.45) is 0 Å². The van der Waals surface area contributed by atoms with E-state index in [0.717, 1.165) is 11.1 Å². The Hall–Kier alpha value is -2.71. The molecule has 7 nitrogen and oxygen atoms in total. The highest BCUT2D eigenvalue weighted by Crippen LogP contribution is 2.16. The fourth-order valence-corrected chi connectivity index (χ4v) is 2.90. The summed E-state index contributed by atoms with van der Waals surface area (Å²) in [6, 6.07) is 10.8. The summed E-state index contributed by atoms with van der Waals surface area (Å²) < 4.78 is 29.6. The number of ketones is 1. The Kier molecular flexibility index (Phi) is 6.12. The van der Waals surface area contributed by atoms with Crippen LogP contribution in [0.5, 0.6) is 5.75 Å². The molecular weight excluding hydrogens is 356 g/mol. The summed E-state index contributed by atoms with van der Waals surface area (Å²) in [5.41, 5.74) is 4.61. The summed E-state index contributed by atoms with van der Waals surface area (Å²) in [5.74, 6) is -0.295. The van der Waals surface area contributed by atoms with Crippen molar-refractivity contribution < 1.29 is 22.7 Å². The number of carbonyl (C=O) groups excluding carboxylic acids is 2. The van der Waals surface area contributed by atoms with Crippen molar-refractivity contribution in [3.63, 3.8) is 0 Å². The molecule has 2 aromatic carbocycles. The van der Waals surface area contributed by atoms with E-state index in [2.05, 4.69) is 5.43 Å². The first-order chi connectivity index (χ1) is 12.2. The predicted octanol–water partition coefficient (Wildman–Crippen LogP) is 1.89. The molecule has 2 N–H and O–H groups in total. The lowest BCUT2D eigenvalue weighted by molar-refractivity contribution is -0.123. The van der Waals surface area contributed by atoms with Crippen LogP contribution in [0.1, 0.15) is 28.4 Å². The number of Topliss-reactive ketones (excluding diaryl/α,β-unsaturated/α-hetero) is 1. The van der Waals surface area contributed by atoms with Gasteiger partial charge in [-0.25, -0.2) is 8.42 Å². The Bertz CT molecular complexity index is 921. The summed E-state index contributed by atoms with van der Waals surface area (Å²) >= 11 is 0. The van der Waals surface area contributed by atoms with Crippen LogP contribution in [0.3, 0.4) is 0 Å². The summed E-state index contributed by atoms with van der Waals surface area (Å²) in [4.78, 5) is 24.9. The second-order valence-corrected chi connectivity index (χ2v) is 7.45. The first-order valence-electron chi connectivity index (χ1n) is 7.81. The predicted molar refractivity (Wildman–Crippen MR) is 96.3 cm³/mol. The molecule has 0 saturated carbocycles. The zero-order chi connectivity index (χ0) is 19.3. The van der Waals surface area contributed by atoms with Gasteiger partial charge in [0.05, 0.1) is 4.90 Å². The summed E-state index contributed by atoms with van der Waals surface area (Å²) in [6.07, 6.45) is 0. The van der Waals surface area contributed by atoms with E-state index in [-0.39, 0.29) is 17.3 Å².